The lowest BCUT2D eigenvalue weighted by Crippen LogP contribution is -2.49. The number of allylic oxidation sites excluding steroid dienone is 1. The molecule has 4 atom stereocenters. The summed E-state index contributed by atoms with van der Waals surface area (Å²) in [5.41, 5.74) is 2.82. The summed E-state index contributed by atoms with van der Waals surface area (Å²) in [5.74, 6) is -0.0217. The number of nitrogens with zero attached hydrogens (tertiary/aromatic N) is 1. The monoisotopic (exact) mass is 602 g/mol. The van der Waals surface area contributed by atoms with Crippen molar-refractivity contribution in [2.75, 3.05) is 31.7 Å². The number of benzene rings is 2. The number of aryl methyl sites for hydroxylation is 1. The predicted octanol–water partition coefficient (Wildman–Crippen LogP) is 5.70. The van der Waals surface area contributed by atoms with Gasteiger partial charge in [-0.3, -0.25) is 4.79 Å². The van der Waals surface area contributed by atoms with Crippen LogP contribution in [0, 0.1) is 11.8 Å². The Morgan fingerprint density at radius 3 is 2.76 bits per heavy atom. The smallest absolute Gasteiger partial charge is 0.264 e. The van der Waals surface area contributed by atoms with Gasteiger partial charge >= 0.3 is 0 Å². The van der Waals surface area contributed by atoms with Crippen molar-refractivity contribution in [1.29, 1.82) is 0 Å². The van der Waals surface area contributed by atoms with Crippen LogP contribution >= 0.6 is 11.6 Å². The first kappa shape index (κ1) is 28.5. The summed E-state index contributed by atoms with van der Waals surface area (Å²) in [6.45, 7) is 1.74. The molecule has 2 bridgehead atoms. The molecule has 7 nitrogen and oxygen atoms in total. The van der Waals surface area contributed by atoms with E-state index in [9.17, 15) is 17.6 Å². The van der Waals surface area contributed by atoms with Crippen molar-refractivity contribution in [3.05, 3.63) is 64.5 Å². The van der Waals surface area contributed by atoms with E-state index in [4.69, 9.17) is 21.1 Å². The van der Waals surface area contributed by atoms with E-state index >= 15 is 0 Å². The highest BCUT2D eigenvalue weighted by molar-refractivity contribution is 7.90. The van der Waals surface area contributed by atoms with Crippen LogP contribution in [0.1, 0.15) is 56.1 Å². The van der Waals surface area contributed by atoms with Crippen LogP contribution in [0.4, 0.5) is 10.1 Å². The molecule has 1 spiro atoms. The van der Waals surface area contributed by atoms with E-state index in [1.807, 2.05) is 12.1 Å². The number of rotatable bonds is 1. The molecule has 2 aliphatic heterocycles. The maximum absolute atomic E-state index is 14.9. The van der Waals surface area contributed by atoms with Crippen LogP contribution in [0.2, 0.25) is 5.02 Å². The molecule has 2 aliphatic carbocycles. The van der Waals surface area contributed by atoms with Gasteiger partial charge in [-0.15, -0.1) is 0 Å². The second-order valence-corrected chi connectivity index (χ2v) is 14.1. The van der Waals surface area contributed by atoms with Gasteiger partial charge in [0.25, 0.3) is 10.0 Å². The summed E-state index contributed by atoms with van der Waals surface area (Å²) in [6.07, 6.45) is 6.10. The van der Waals surface area contributed by atoms with E-state index in [2.05, 4.69) is 15.7 Å². The molecule has 1 fully saturated rings. The molecule has 4 aliphatic rings. The van der Waals surface area contributed by atoms with E-state index < -0.39 is 15.9 Å². The van der Waals surface area contributed by atoms with Gasteiger partial charge in [0.2, 0.25) is 5.91 Å². The Hall–Kier alpha value is -2.62. The molecular weight excluding hydrogens is 567 g/mol. The second kappa shape index (κ2) is 11.2. The Labute approximate surface area is 246 Å². The number of carbonyl (C=O) groups is 1. The maximum Gasteiger partial charge on any atom is 0.264 e. The zero-order valence-electron chi connectivity index (χ0n) is 23.2. The molecule has 220 valence electrons. The number of nitrogens with one attached hydrogen (secondary N) is 1. The Bertz CT molecular complexity index is 1480. The maximum atomic E-state index is 14.9. The normalized spacial score (nSPS) is 30.9. The number of halogens is 2. The molecule has 0 radical (unpaired) electrons. The summed E-state index contributed by atoms with van der Waals surface area (Å²) in [6, 6.07) is 10.9. The number of carbonyl (C=O) groups excluding carboxylic acids is 1. The minimum Gasteiger partial charge on any atom is -0.490 e. The van der Waals surface area contributed by atoms with Crippen LogP contribution in [0.15, 0.2) is 53.2 Å². The fourth-order valence-corrected chi connectivity index (χ4v) is 8.33. The number of hydrogen-bond donors (Lipinski definition) is 1. The fraction of sp³-hybridized carbons (Fsp3) is 0.516. The minimum absolute atomic E-state index is 0.00285. The molecule has 1 N–H and O–H groups in total. The Balaban J connectivity index is 1.44. The van der Waals surface area contributed by atoms with Gasteiger partial charge in [-0.2, -0.15) is 0 Å². The Kier molecular flexibility index (Phi) is 7.80. The third-order valence-electron chi connectivity index (χ3n) is 9.36. The van der Waals surface area contributed by atoms with E-state index in [-0.39, 0.29) is 53.3 Å². The molecule has 0 unspecified atom stereocenters. The van der Waals surface area contributed by atoms with Gasteiger partial charge in [-0.25, -0.2) is 17.5 Å². The number of amides is 1. The largest absolute Gasteiger partial charge is 0.490 e. The molecule has 41 heavy (non-hydrogen) atoms. The number of anilines is 1. The molecule has 1 saturated carbocycles. The summed E-state index contributed by atoms with van der Waals surface area (Å²) < 4.78 is 55.7. The molecule has 0 aromatic heterocycles. The lowest BCUT2D eigenvalue weighted by atomic mass is 9.68. The molecular formula is C31H36ClFN2O5S. The van der Waals surface area contributed by atoms with Crippen molar-refractivity contribution in [2.24, 2.45) is 11.8 Å². The minimum atomic E-state index is -4.12. The van der Waals surface area contributed by atoms with Gasteiger partial charge in [-0.1, -0.05) is 17.7 Å². The SMILES string of the molecule is CO[C@H]1/C=C(\F)CCCC(=O)NS(=O)(=O)c2ccc3c(c2)N(C[C@@H]2CC[C@H]21)C[C@@]1(CCCc2cc(Cl)ccc21)CO3. The zero-order chi connectivity index (χ0) is 28.8. The van der Waals surface area contributed by atoms with E-state index in [1.54, 1.807) is 19.2 Å². The summed E-state index contributed by atoms with van der Waals surface area (Å²) >= 11 is 6.37. The predicted molar refractivity (Wildman–Crippen MR) is 156 cm³/mol. The van der Waals surface area contributed by atoms with E-state index in [1.165, 1.54) is 23.3 Å². The van der Waals surface area contributed by atoms with Crippen LogP contribution in [0.3, 0.4) is 0 Å². The van der Waals surface area contributed by atoms with Crippen molar-refractivity contribution >= 4 is 33.2 Å². The Morgan fingerprint density at radius 2 is 1.98 bits per heavy atom. The van der Waals surface area contributed by atoms with Gasteiger partial charge in [0.05, 0.1) is 29.1 Å². The lowest BCUT2D eigenvalue weighted by Gasteiger charge is -2.46. The summed E-state index contributed by atoms with van der Waals surface area (Å²) in [4.78, 5) is 14.8. The third kappa shape index (κ3) is 5.60. The average Bonchev–Trinajstić information content (AvgIpc) is 3.07. The molecule has 2 heterocycles. The van der Waals surface area contributed by atoms with Crippen molar-refractivity contribution in [3.63, 3.8) is 0 Å². The topological polar surface area (TPSA) is 84.9 Å². The van der Waals surface area contributed by atoms with Gasteiger partial charge in [-0.05, 0) is 104 Å². The molecule has 2 aromatic carbocycles. The number of fused-ring (bicyclic) bond motifs is 4. The van der Waals surface area contributed by atoms with Gasteiger partial charge in [0, 0.05) is 37.1 Å². The average molecular weight is 603 g/mol. The quantitative estimate of drug-likeness (QED) is 0.451. The number of hydrogen-bond acceptors (Lipinski definition) is 6. The molecule has 0 saturated heterocycles. The van der Waals surface area contributed by atoms with Crippen LogP contribution in [-0.2, 0) is 31.4 Å². The highest BCUT2D eigenvalue weighted by Gasteiger charge is 2.44. The van der Waals surface area contributed by atoms with Crippen molar-refractivity contribution < 1.29 is 27.1 Å². The fourth-order valence-electron chi connectivity index (χ4n) is 7.10. The Morgan fingerprint density at radius 1 is 1.12 bits per heavy atom. The zero-order valence-corrected chi connectivity index (χ0v) is 24.8. The second-order valence-electron chi connectivity index (χ2n) is 11.9. The number of sulfonamides is 1. The van der Waals surface area contributed by atoms with E-state index in [0.717, 1.165) is 32.1 Å². The third-order valence-corrected chi connectivity index (χ3v) is 11.0. The summed E-state index contributed by atoms with van der Waals surface area (Å²) in [5, 5.41) is 0.712. The van der Waals surface area contributed by atoms with Gasteiger partial charge in [0.1, 0.15) is 5.75 Å². The van der Waals surface area contributed by atoms with Gasteiger partial charge in [0.15, 0.2) is 0 Å². The number of ether oxygens (including phenoxy) is 2. The van der Waals surface area contributed by atoms with Crippen LogP contribution < -0.4 is 14.4 Å². The molecule has 1 amide bonds. The van der Waals surface area contributed by atoms with Gasteiger partial charge < -0.3 is 14.4 Å². The van der Waals surface area contributed by atoms with Crippen LogP contribution in [-0.4, -0.2) is 47.2 Å². The lowest BCUT2D eigenvalue weighted by molar-refractivity contribution is -0.119. The molecule has 2 aromatic rings. The highest BCUT2D eigenvalue weighted by atomic mass is 35.5. The van der Waals surface area contributed by atoms with Crippen LogP contribution in [0.25, 0.3) is 0 Å². The standard InChI is InChI=1S/C31H36ClFN2O5S/c1-39-29-15-23(33)5-2-6-30(36)34-41(37,38)24-9-12-28-27(16-24)35(17-21-7-10-25(21)29)18-31(19-40-28)13-3-4-20-14-22(32)8-11-26(20)31/h8-9,11-12,14-16,21,25,29H,2-7,10,13,17-19H2,1H3,(H,34,36)/b23-15-/t21-,25+,29-,31-/m0/s1. The first-order valence-electron chi connectivity index (χ1n) is 14.4. The van der Waals surface area contributed by atoms with Crippen LogP contribution in [0.5, 0.6) is 5.75 Å². The van der Waals surface area contributed by atoms with Crippen molar-refractivity contribution in [2.45, 2.75) is 67.8 Å². The highest BCUT2D eigenvalue weighted by Crippen LogP contribution is 2.47. The molecule has 6 rings (SSSR count). The number of methoxy groups -OCH3 is 1. The van der Waals surface area contributed by atoms with Crippen molar-refractivity contribution in [3.8, 4) is 5.75 Å². The first-order chi connectivity index (χ1) is 19.7. The first-order valence-corrected chi connectivity index (χ1v) is 16.3. The molecule has 10 heteroatoms. The summed E-state index contributed by atoms with van der Waals surface area (Å²) in [7, 11) is -2.51. The van der Waals surface area contributed by atoms with E-state index in [0.29, 0.717) is 36.2 Å². The van der Waals surface area contributed by atoms with Crippen molar-refractivity contribution in [1.82, 2.24) is 4.72 Å².